The van der Waals surface area contributed by atoms with Gasteiger partial charge in [0.05, 0.1) is 66.4 Å². The zero-order valence-electron chi connectivity index (χ0n) is 45.8. The summed E-state index contributed by atoms with van der Waals surface area (Å²) in [5, 5.41) is 3.29. The number of hydrogen-bond acceptors (Lipinski definition) is 0. The molecule has 0 fully saturated rings. The monoisotopic (exact) mass is 741 g/mol. The summed E-state index contributed by atoms with van der Waals surface area (Å²) in [7, 11) is 0. The van der Waals surface area contributed by atoms with Crippen molar-refractivity contribution in [1.29, 1.82) is 0 Å². The Kier molecular flexibility index (Phi) is 4.33. The highest BCUT2D eigenvalue weighted by molar-refractivity contribution is 6.26. The lowest BCUT2D eigenvalue weighted by atomic mass is 9.97. The molecule has 3 nitrogen and oxygen atoms in total. The Morgan fingerprint density at radius 1 is 0.316 bits per heavy atom. The number of rotatable bonds is 5. The molecule has 0 saturated carbocycles. The summed E-state index contributed by atoms with van der Waals surface area (Å²) in [6.45, 7) is 0. The molecule has 3 heteroatoms. The molecule has 0 saturated heterocycles. The Morgan fingerprint density at radius 3 is 1.86 bits per heavy atom. The van der Waals surface area contributed by atoms with Crippen LogP contribution in [-0.2, 0) is 0 Å². The van der Waals surface area contributed by atoms with Gasteiger partial charge in [0.15, 0.2) is 0 Å². The van der Waals surface area contributed by atoms with E-state index in [0.717, 1.165) is 53.9 Å². The molecule has 0 radical (unpaired) electrons. The molecule has 0 spiro atoms. The summed E-state index contributed by atoms with van der Waals surface area (Å²) in [4.78, 5) is 0. The van der Waals surface area contributed by atoms with Crippen LogP contribution in [0.15, 0.2) is 212 Å². The van der Waals surface area contributed by atoms with Crippen molar-refractivity contribution in [3.63, 3.8) is 0 Å². The highest BCUT2D eigenvalue weighted by Gasteiger charge is 2.24. The van der Waals surface area contributed by atoms with Crippen LogP contribution < -0.4 is 0 Å². The maximum Gasteiger partial charge on any atom is 0.0645 e. The fraction of sp³-hybridized carbons (Fsp3) is 0. The van der Waals surface area contributed by atoms with Gasteiger partial charge < -0.3 is 13.7 Å². The quantitative estimate of drug-likeness (QED) is 0.167. The summed E-state index contributed by atoms with van der Waals surface area (Å²) >= 11 is 0. The Balaban J connectivity index is 1.30. The first-order valence-corrected chi connectivity index (χ1v) is 18.3. The number of fused-ring (bicyclic) bond motifs is 10. The molecule has 0 amide bonds. The molecule has 0 atom stereocenters. The second kappa shape index (κ2) is 12.5. The van der Waals surface area contributed by atoms with E-state index in [0.29, 0.717) is 11.3 Å². The van der Waals surface area contributed by atoms with E-state index in [1.165, 1.54) is 0 Å². The van der Waals surface area contributed by atoms with Crippen molar-refractivity contribution in [3.8, 4) is 39.3 Å². The third-order valence-electron chi connectivity index (χ3n) is 10.8. The molecule has 0 unspecified atom stereocenters. The fourth-order valence-corrected chi connectivity index (χ4v) is 8.52. The largest absolute Gasteiger partial charge is 0.309 e. The molecule has 0 aliphatic carbocycles. The smallest absolute Gasteiger partial charge is 0.0645 e. The van der Waals surface area contributed by atoms with Gasteiger partial charge in [-0.05, 0) is 65.7 Å². The van der Waals surface area contributed by atoms with Crippen molar-refractivity contribution >= 4 is 65.4 Å². The van der Waals surface area contributed by atoms with E-state index in [2.05, 4.69) is 33.4 Å². The van der Waals surface area contributed by atoms with Crippen LogP contribution in [0.2, 0.25) is 0 Å². The van der Waals surface area contributed by atoms with Crippen molar-refractivity contribution in [2.75, 3.05) is 0 Å². The van der Waals surface area contributed by atoms with Crippen LogP contribution in [0.5, 0.6) is 0 Å². The maximum absolute atomic E-state index is 9.84. The average Bonchev–Trinajstić information content (AvgIpc) is 4.06. The van der Waals surface area contributed by atoms with E-state index in [-0.39, 0.29) is 21.9 Å². The van der Waals surface area contributed by atoms with E-state index >= 15 is 0 Å². The fourth-order valence-electron chi connectivity index (χ4n) is 8.52. The van der Waals surface area contributed by atoms with E-state index in [1.807, 2.05) is 78.9 Å². The van der Waals surface area contributed by atoms with Crippen LogP contribution in [0.4, 0.5) is 0 Å². The lowest BCUT2D eigenvalue weighted by Crippen LogP contribution is -1.99. The minimum atomic E-state index is -0.836. The maximum atomic E-state index is 9.84. The molecule has 12 rings (SSSR count). The Labute approximate surface area is 352 Å². The molecule has 3 aromatic heterocycles. The van der Waals surface area contributed by atoms with Crippen LogP contribution in [-0.4, -0.2) is 13.7 Å². The molecule has 0 N–H and O–H groups in total. The molecule has 266 valence electrons. The summed E-state index contributed by atoms with van der Waals surface area (Å²) in [5.74, 6) is 0. The molecule has 0 aliphatic heterocycles. The lowest BCUT2D eigenvalue weighted by Gasteiger charge is -2.16. The van der Waals surface area contributed by atoms with Crippen LogP contribution in [0.3, 0.4) is 0 Å². The Hall–Kier alpha value is -7.62. The van der Waals surface area contributed by atoms with Gasteiger partial charge in [0.2, 0.25) is 0 Å². The first-order valence-electron chi connectivity index (χ1n) is 26.3. The number of aromatic nitrogens is 3. The van der Waals surface area contributed by atoms with E-state index in [1.54, 1.807) is 12.1 Å². The van der Waals surface area contributed by atoms with Gasteiger partial charge in [-0.3, -0.25) is 0 Å². The molecular formula is C54H35N3. The third-order valence-corrected chi connectivity index (χ3v) is 10.8. The topological polar surface area (TPSA) is 14.8 Å². The summed E-state index contributed by atoms with van der Waals surface area (Å²) in [6.07, 6.45) is 0. The summed E-state index contributed by atoms with van der Waals surface area (Å²) in [6, 6.07) is 25.3. The zero-order chi connectivity index (χ0) is 51.4. The SMILES string of the molecule is [2H]c1c([2H])c([2H])c(-c2c([2H])c([2H])c([2H])c([2H])c2-n2c3c([2H])c([2H])c([2H])c([2H])c3c3c(-c4ccccc4-n4c5ccccc5c5ccc6c(c7ccccc7n6-c6ccccc6)c54)c([2H])c([2H])c([2H])c32)c([2H])c1[2H]. The van der Waals surface area contributed by atoms with Gasteiger partial charge >= 0.3 is 0 Å². The molecule has 0 bridgehead atoms. The minimum absolute atomic E-state index is 0.0320. The van der Waals surface area contributed by atoms with Gasteiger partial charge in [0.25, 0.3) is 0 Å². The molecular weight excluding hydrogens is 691 g/mol. The lowest BCUT2D eigenvalue weighted by molar-refractivity contribution is 1.17. The van der Waals surface area contributed by atoms with E-state index in [9.17, 15) is 9.60 Å². The van der Waals surface area contributed by atoms with Crippen LogP contribution in [0.1, 0.15) is 21.9 Å². The normalized spacial score (nSPS) is 15.8. The van der Waals surface area contributed by atoms with Gasteiger partial charge in [0.1, 0.15) is 0 Å². The van der Waals surface area contributed by atoms with Crippen molar-refractivity contribution < 1.29 is 21.9 Å². The number of benzene rings is 9. The van der Waals surface area contributed by atoms with Crippen LogP contribution in [0.25, 0.3) is 105 Å². The standard InChI is InChI=1S/C54H35N3/c1-3-18-36(19-4-1)38-22-7-12-28-45(38)56-49-32-16-10-25-43(49)52-41(27-17-33-50(52)56)39-23-8-13-29-46(39)57-47-30-14-9-24-40(47)42-34-35-51-53(54(42)57)44-26-11-15-31-48(44)55(51)37-20-5-2-6-21-37/h1-35H/i1D,3D,4D,7D,10D,12D,16D,17D,18D,19D,22D,25D,27D,28D,32D,33D. The number of para-hydroxylation sites is 6. The third kappa shape index (κ3) is 4.60. The minimum Gasteiger partial charge on any atom is -0.309 e. The first kappa shape index (κ1) is 19.8. The van der Waals surface area contributed by atoms with Gasteiger partial charge in [-0.1, -0.05) is 157 Å². The van der Waals surface area contributed by atoms with Gasteiger partial charge in [-0.25, -0.2) is 0 Å². The second-order valence-electron chi connectivity index (χ2n) is 13.7. The van der Waals surface area contributed by atoms with Crippen molar-refractivity contribution in [1.82, 2.24) is 13.7 Å². The predicted molar refractivity (Wildman–Crippen MR) is 240 cm³/mol. The highest BCUT2D eigenvalue weighted by atomic mass is 15.0. The van der Waals surface area contributed by atoms with Crippen LogP contribution >= 0.6 is 0 Å². The molecule has 3 heterocycles. The highest BCUT2D eigenvalue weighted by Crippen LogP contribution is 2.46. The van der Waals surface area contributed by atoms with E-state index in [4.69, 9.17) is 12.3 Å². The Morgan fingerprint density at radius 2 is 0.982 bits per heavy atom. The number of hydrogen-bond donors (Lipinski definition) is 0. The first-order chi connectivity index (χ1) is 35.0. The predicted octanol–water partition coefficient (Wildman–Crippen LogP) is 14.3. The molecule has 12 aromatic rings. The molecule has 9 aromatic carbocycles. The average molecular weight is 742 g/mol. The zero-order valence-corrected chi connectivity index (χ0v) is 29.8. The number of nitrogens with zero attached hydrogens (tertiary/aromatic N) is 3. The Bertz CT molecular complexity index is 4430. The van der Waals surface area contributed by atoms with Gasteiger partial charge in [-0.15, -0.1) is 0 Å². The van der Waals surface area contributed by atoms with Crippen molar-refractivity contribution in [3.05, 3.63) is 212 Å². The summed E-state index contributed by atoms with van der Waals surface area (Å²) < 4.78 is 151. The second-order valence-corrected chi connectivity index (χ2v) is 13.7. The van der Waals surface area contributed by atoms with Crippen molar-refractivity contribution in [2.45, 2.75) is 0 Å². The van der Waals surface area contributed by atoms with Crippen molar-refractivity contribution in [2.24, 2.45) is 0 Å². The molecule has 57 heavy (non-hydrogen) atoms. The van der Waals surface area contributed by atoms with Crippen LogP contribution in [0, 0.1) is 0 Å². The van der Waals surface area contributed by atoms with Gasteiger partial charge in [0, 0.05) is 49.1 Å². The molecule has 0 aliphatic rings. The van der Waals surface area contributed by atoms with E-state index < -0.39 is 119 Å². The van der Waals surface area contributed by atoms with Gasteiger partial charge in [-0.2, -0.15) is 0 Å². The summed E-state index contributed by atoms with van der Waals surface area (Å²) in [5.41, 5.74) is 2.55.